The van der Waals surface area contributed by atoms with Crippen molar-refractivity contribution in [3.05, 3.63) is 16.4 Å². The van der Waals surface area contributed by atoms with Crippen LogP contribution in [-0.4, -0.2) is 71.6 Å². The lowest BCUT2D eigenvalue weighted by molar-refractivity contribution is -0.0472. The molecule has 3 heterocycles. The Morgan fingerprint density at radius 3 is 2.76 bits per heavy atom. The molecule has 25 heavy (non-hydrogen) atoms. The number of hydrogen-bond acceptors (Lipinski definition) is 7. The van der Waals surface area contributed by atoms with Crippen LogP contribution in [0.5, 0.6) is 5.75 Å². The number of piperidine rings is 1. The van der Waals surface area contributed by atoms with Crippen molar-refractivity contribution in [3.63, 3.8) is 0 Å². The van der Waals surface area contributed by atoms with Crippen LogP contribution in [0.1, 0.15) is 19.3 Å². The molecule has 0 amide bonds. The molecule has 2 atom stereocenters. The molecule has 2 aliphatic heterocycles. The van der Waals surface area contributed by atoms with Crippen LogP contribution in [0, 0.1) is 0 Å². The third-order valence-corrected chi connectivity index (χ3v) is 5.15. The Morgan fingerprint density at radius 2 is 2.08 bits per heavy atom. The summed E-state index contributed by atoms with van der Waals surface area (Å²) in [7, 11) is -0.418. The maximum Gasteiger partial charge on any atom is 0.377 e. The number of nitrogens with zero attached hydrogens (tertiary/aromatic N) is 3. The minimum absolute atomic E-state index is 0.218. The number of rotatable bonds is 7. The van der Waals surface area contributed by atoms with Crippen molar-refractivity contribution in [2.24, 2.45) is 0 Å². The fourth-order valence-electron chi connectivity index (χ4n) is 3.72. The predicted octanol–water partition coefficient (Wildman–Crippen LogP) is 1.48. The number of ether oxygens (including phenoxy) is 2. The highest BCUT2D eigenvalue weighted by molar-refractivity contribution is 6.45. The summed E-state index contributed by atoms with van der Waals surface area (Å²) < 4.78 is 11.3. The number of fused-ring (bicyclic) bond motifs is 2. The van der Waals surface area contributed by atoms with Crippen molar-refractivity contribution >= 4 is 30.3 Å². The molecule has 2 N–H and O–H groups in total. The summed E-state index contributed by atoms with van der Waals surface area (Å²) in [4.78, 5) is 2.19. The van der Waals surface area contributed by atoms with Crippen LogP contribution in [0.25, 0.3) is 0 Å². The van der Waals surface area contributed by atoms with Gasteiger partial charge in [-0.3, -0.25) is 0 Å². The van der Waals surface area contributed by atoms with Crippen LogP contribution in [0.2, 0.25) is 17.1 Å². The second kappa shape index (κ2) is 8.84. The van der Waals surface area contributed by atoms with Crippen LogP contribution in [0.3, 0.4) is 0 Å². The van der Waals surface area contributed by atoms with Gasteiger partial charge in [-0.2, -0.15) is 0 Å². The van der Waals surface area contributed by atoms with Crippen molar-refractivity contribution in [2.75, 3.05) is 26.4 Å². The molecule has 1 aromatic rings. The summed E-state index contributed by atoms with van der Waals surface area (Å²) in [5.74, 6) is 0.457. The standard InChI is InChI=1S/C15H23BCl2N4O3/c1-16(23)22-11-5-10(6-12(22)9-24-8-11)19-3-2-4-25-13-7-14(17)20-21-15(13)18/h7,10-12,19,23H,2-6,8-9H2,1H3. The van der Waals surface area contributed by atoms with Crippen molar-refractivity contribution in [1.29, 1.82) is 0 Å². The Hall–Kier alpha value is -0.635. The van der Waals surface area contributed by atoms with Gasteiger partial charge in [0.25, 0.3) is 0 Å². The smallest absolute Gasteiger partial charge is 0.377 e. The number of morpholine rings is 1. The van der Waals surface area contributed by atoms with Gasteiger partial charge < -0.3 is 24.6 Å². The van der Waals surface area contributed by atoms with E-state index in [4.69, 9.17) is 32.7 Å². The maximum absolute atomic E-state index is 9.97. The van der Waals surface area contributed by atoms with Gasteiger partial charge in [0.1, 0.15) is 0 Å². The van der Waals surface area contributed by atoms with E-state index in [0.29, 0.717) is 31.6 Å². The number of aromatic nitrogens is 2. The van der Waals surface area contributed by atoms with Crippen LogP contribution >= 0.6 is 23.2 Å². The van der Waals surface area contributed by atoms with Crippen LogP contribution < -0.4 is 10.1 Å². The van der Waals surface area contributed by atoms with Gasteiger partial charge in [0.2, 0.25) is 0 Å². The Kier molecular flexibility index (Phi) is 6.76. The highest BCUT2D eigenvalue weighted by atomic mass is 35.5. The van der Waals surface area contributed by atoms with Gasteiger partial charge in [-0.1, -0.05) is 23.2 Å². The summed E-state index contributed by atoms with van der Waals surface area (Å²) in [5, 5.41) is 21.4. The van der Waals surface area contributed by atoms with Crippen molar-refractivity contribution in [2.45, 2.75) is 44.2 Å². The summed E-state index contributed by atoms with van der Waals surface area (Å²) in [6, 6.07) is 2.57. The molecule has 0 aromatic carbocycles. The van der Waals surface area contributed by atoms with E-state index in [9.17, 15) is 5.02 Å². The zero-order valence-electron chi connectivity index (χ0n) is 14.2. The molecule has 2 unspecified atom stereocenters. The predicted molar refractivity (Wildman–Crippen MR) is 97.3 cm³/mol. The zero-order valence-corrected chi connectivity index (χ0v) is 15.7. The van der Waals surface area contributed by atoms with Gasteiger partial charge in [-0.15, -0.1) is 10.2 Å². The fourth-order valence-corrected chi connectivity index (χ4v) is 4.00. The molecule has 3 rings (SSSR count). The molecule has 10 heteroatoms. The third kappa shape index (κ3) is 4.96. The topological polar surface area (TPSA) is 79.7 Å². The highest BCUT2D eigenvalue weighted by Gasteiger charge is 2.41. The monoisotopic (exact) mass is 388 g/mol. The van der Waals surface area contributed by atoms with Crippen LogP contribution in [-0.2, 0) is 4.74 Å². The Bertz CT molecular complexity index is 570. The first-order valence-corrected chi connectivity index (χ1v) is 9.38. The van der Waals surface area contributed by atoms with E-state index in [0.717, 1.165) is 25.8 Å². The molecule has 138 valence electrons. The third-order valence-electron chi connectivity index (χ3n) is 4.71. The average Bonchev–Trinajstić information content (AvgIpc) is 2.56. The van der Waals surface area contributed by atoms with E-state index >= 15 is 0 Å². The lowest BCUT2D eigenvalue weighted by Gasteiger charge is -2.49. The first-order chi connectivity index (χ1) is 12.0. The Labute approximate surface area is 158 Å². The second-order valence-corrected chi connectivity index (χ2v) is 7.32. The van der Waals surface area contributed by atoms with Gasteiger partial charge >= 0.3 is 7.05 Å². The SMILES string of the molecule is CB(O)N1C2COCC1CC(NCCCOc1cc(Cl)nnc1Cl)C2. The number of halogens is 2. The minimum atomic E-state index is -0.418. The Balaban J connectivity index is 1.39. The van der Waals surface area contributed by atoms with Gasteiger partial charge in [-0.05, 0) is 32.6 Å². The first-order valence-electron chi connectivity index (χ1n) is 8.62. The van der Waals surface area contributed by atoms with Crippen molar-refractivity contribution < 1.29 is 14.5 Å². The zero-order chi connectivity index (χ0) is 17.8. The minimum Gasteiger partial charge on any atom is -0.490 e. The fraction of sp³-hybridized carbons (Fsp3) is 0.733. The lowest BCUT2D eigenvalue weighted by Crippen LogP contribution is -2.64. The van der Waals surface area contributed by atoms with E-state index in [1.807, 2.05) is 6.82 Å². The second-order valence-electron chi connectivity index (χ2n) is 6.57. The highest BCUT2D eigenvalue weighted by Crippen LogP contribution is 2.28. The summed E-state index contributed by atoms with van der Waals surface area (Å²) in [6.45, 7) is 4.59. The first kappa shape index (κ1) is 19.1. The summed E-state index contributed by atoms with van der Waals surface area (Å²) >= 11 is 11.7. The van der Waals surface area contributed by atoms with Gasteiger partial charge in [-0.25, -0.2) is 0 Å². The molecule has 2 saturated heterocycles. The quantitative estimate of drug-likeness (QED) is 0.540. The molecule has 2 fully saturated rings. The van der Waals surface area contributed by atoms with E-state index in [2.05, 4.69) is 20.3 Å². The summed E-state index contributed by atoms with van der Waals surface area (Å²) in [6.07, 6.45) is 2.81. The lowest BCUT2D eigenvalue weighted by atomic mass is 9.75. The molecule has 0 saturated carbocycles. The largest absolute Gasteiger partial charge is 0.490 e. The van der Waals surface area contributed by atoms with Crippen molar-refractivity contribution in [1.82, 2.24) is 20.3 Å². The van der Waals surface area contributed by atoms with E-state index in [1.54, 1.807) is 6.07 Å². The van der Waals surface area contributed by atoms with Crippen LogP contribution in [0.15, 0.2) is 6.07 Å². The molecule has 0 radical (unpaired) electrons. The van der Waals surface area contributed by atoms with E-state index in [-0.39, 0.29) is 22.4 Å². The molecule has 0 aliphatic carbocycles. The number of nitrogens with one attached hydrogen (secondary N) is 1. The molecular weight excluding hydrogens is 366 g/mol. The molecule has 1 aromatic heterocycles. The molecular formula is C15H23BCl2N4O3. The number of hydrogen-bond donors (Lipinski definition) is 2. The molecule has 0 spiro atoms. The molecule has 2 aliphatic rings. The van der Waals surface area contributed by atoms with Crippen molar-refractivity contribution in [3.8, 4) is 5.75 Å². The van der Waals surface area contributed by atoms with Gasteiger partial charge in [0, 0.05) is 24.2 Å². The maximum atomic E-state index is 9.97. The van der Waals surface area contributed by atoms with Gasteiger partial charge in [0.05, 0.1) is 19.8 Å². The average molecular weight is 389 g/mol. The van der Waals surface area contributed by atoms with E-state index < -0.39 is 7.05 Å². The Morgan fingerprint density at radius 1 is 1.36 bits per heavy atom. The van der Waals surface area contributed by atoms with E-state index in [1.165, 1.54) is 0 Å². The van der Waals surface area contributed by atoms with Gasteiger partial charge in [0.15, 0.2) is 16.1 Å². The normalized spacial score (nSPS) is 26.5. The summed E-state index contributed by atoms with van der Waals surface area (Å²) in [5.41, 5.74) is 0. The molecule has 7 nitrogen and oxygen atoms in total. The molecule has 2 bridgehead atoms. The van der Waals surface area contributed by atoms with Crippen LogP contribution in [0.4, 0.5) is 0 Å².